The fourth-order valence-electron chi connectivity index (χ4n) is 2.91. The number of hydrogen-bond acceptors (Lipinski definition) is 4. The normalized spacial score (nSPS) is 12.2. The van der Waals surface area contributed by atoms with Crippen LogP contribution >= 0.6 is 12.4 Å². The van der Waals surface area contributed by atoms with E-state index in [2.05, 4.69) is 10.6 Å². The number of aryl methyl sites for hydroxylation is 1. The van der Waals surface area contributed by atoms with Gasteiger partial charge in [0.1, 0.15) is 0 Å². The van der Waals surface area contributed by atoms with Gasteiger partial charge in [-0.1, -0.05) is 12.1 Å². The van der Waals surface area contributed by atoms with Gasteiger partial charge in [0.25, 0.3) is 5.91 Å². The number of anilines is 2. The largest absolute Gasteiger partial charge is 0.465 e. The third-order valence-corrected chi connectivity index (χ3v) is 4.25. The van der Waals surface area contributed by atoms with E-state index < -0.39 is 5.97 Å². The van der Waals surface area contributed by atoms with Crippen LogP contribution in [0.5, 0.6) is 0 Å². The summed E-state index contributed by atoms with van der Waals surface area (Å²) in [7, 11) is 1.34. The molecule has 0 spiro atoms. The molecule has 0 atom stereocenters. The predicted molar refractivity (Wildman–Crippen MR) is 101 cm³/mol. The van der Waals surface area contributed by atoms with Crippen LogP contribution in [0.4, 0.5) is 11.4 Å². The average Bonchev–Trinajstić information content (AvgIpc) is 2.62. The highest BCUT2D eigenvalue weighted by Gasteiger charge is 2.18. The van der Waals surface area contributed by atoms with Crippen molar-refractivity contribution in [2.24, 2.45) is 0 Å². The Morgan fingerprint density at radius 2 is 2.00 bits per heavy atom. The monoisotopic (exact) mass is 360 g/mol. The molecule has 1 aliphatic rings. The zero-order valence-corrected chi connectivity index (χ0v) is 15.0. The smallest absolute Gasteiger partial charge is 0.337 e. The molecule has 6 heteroatoms. The van der Waals surface area contributed by atoms with Crippen molar-refractivity contribution in [2.75, 3.05) is 24.3 Å². The van der Waals surface area contributed by atoms with E-state index in [1.807, 2.05) is 25.1 Å². The van der Waals surface area contributed by atoms with Gasteiger partial charge < -0.3 is 15.4 Å². The molecule has 3 rings (SSSR count). The Morgan fingerprint density at radius 3 is 2.76 bits per heavy atom. The van der Waals surface area contributed by atoms with Gasteiger partial charge in [0.15, 0.2) is 0 Å². The second kappa shape index (κ2) is 8.03. The summed E-state index contributed by atoms with van der Waals surface area (Å²) in [5.41, 5.74) is 4.65. The van der Waals surface area contributed by atoms with Crippen LogP contribution in [0.25, 0.3) is 0 Å². The molecule has 0 fully saturated rings. The Hall–Kier alpha value is -2.53. The Kier molecular flexibility index (Phi) is 6.04. The molecule has 2 N–H and O–H groups in total. The van der Waals surface area contributed by atoms with Crippen LogP contribution in [0.1, 0.15) is 38.3 Å². The van der Waals surface area contributed by atoms with Gasteiger partial charge >= 0.3 is 5.97 Å². The highest BCUT2D eigenvalue weighted by atomic mass is 35.5. The zero-order valence-electron chi connectivity index (χ0n) is 14.2. The lowest BCUT2D eigenvalue weighted by Crippen LogP contribution is -2.19. The average molecular weight is 361 g/mol. The lowest BCUT2D eigenvalue weighted by atomic mass is 9.97. The zero-order chi connectivity index (χ0) is 17.1. The molecule has 0 radical (unpaired) electrons. The number of esters is 1. The van der Waals surface area contributed by atoms with Crippen molar-refractivity contribution >= 4 is 35.7 Å². The molecule has 0 aromatic heterocycles. The predicted octanol–water partition coefficient (Wildman–Crippen LogP) is 3.81. The van der Waals surface area contributed by atoms with Crippen LogP contribution in [-0.4, -0.2) is 25.5 Å². The van der Waals surface area contributed by atoms with E-state index in [0.29, 0.717) is 16.8 Å². The Balaban J connectivity index is 0.00000225. The first kappa shape index (κ1) is 18.8. The second-order valence-corrected chi connectivity index (χ2v) is 5.84. The highest BCUT2D eigenvalue weighted by molar-refractivity contribution is 6.07. The number of carbonyl (C=O) groups excluding carboxylic acids is 2. The molecule has 2 aromatic carbocycles. The SMILES string of the molecule is COC(=O)c1ccc(C)c(NC(=O)c2cccc3c2CCCN3)c1.Cl. The van der Waals surface area contributed by atoms with Crippen molar-refractivity contribution < 1.29 is 14.3 Å². The molecule has 0 saturated heterocycles. The molecule has 132 valence electrons. The van der Waals surface area contributed by atoms with Crippen LogP contribution in [0.2, 0.25) is 0 Å². The lowest BCUT2D eigenvalue weighted by Gasteiger charge is -2.20. The van der Waals surface area contributed by atoms with Crippen LogP contribution in [0, 0.1) is 6.92 Å². The number of benzene rings is 2. The van der Waals surface area contributed by atoms with E-state index in [1.165, 1.54) is 7.11 Å². The quantitative estimate of drug-likeness (QED) is 0.817. The third kappa shape index (κ3) is 3.94. The van der Waals surface area contributed by atoms with Gasteiger partial charge in [0.05, 0.1) is 12.7 Å². The van der Waals surface area contributed by atoms with Gasteiger partial charge in [-0.25, -0.2) is 4.79 Å². The summed E-state index contributed by atoms with van der Waals surface area (Å²) >= 11 is 0. The first-order chi connectivity index (χ1) is 11.6. The van der Waals surface area contributed by atoms with Gasteiger partial charge in [0.2, 0.25) is 0 Å². The number of hydrogen-bond donors (Lipinski definition) is 2. The van der Waals surface area contributed by atoms with Crippen LogP contribution in [0.3, 0.4) is 0 Å². The van der Waals surface area contributed by atoms with E-state index >= 15 is 0 Å². The number of amides is 1. The van der Waals surface area contributed by atoms with E-state index in [4.69, 9.17) is 4.74 Å². The van der Waals surface area contributed by atoms with Crippen molar-refractivity contribution in [3.8, 4) is 0 Å². The molecule has 0 saturated carbocycles. The van der Waals surface area contributed by atoms with Crippen molar-refractivity contribution in [1.82, 2.24) is 0 Å². The first-order valence-corrected chi connectivity index (χ1v) is 7.96. The minimum atomic E-state index is -0.424. The number of ether oxygens (including phenoxy) is 1. The van der Waals surface area contributed by atoms with Crippen LogP contribution < -0.4 is 10.6 Å². The fraction of sp³-hybridized carbons (Fsp3) is 0.263. The van der Waals surface area contributed by atoms with E-state index in [-0.39, 0.29) is 18.3 Å². The number of fused-ring (bicyclic) bond motifs is 1. The first-order valence-electron chi connectivity index (χ1n) is 7.96. The summed E-state index contributed by atoms with van der Waals surface area (Å²) in [4.78, 5) is 24.4. The van der Waals surface area contributed by atoms with Crippen molar-refractivity contribution in [1.29, 1.82) is 0 Å². The molecule has 5 nitrogen and oxygen atoms in total. The lowest BCUT2D eigenvalue weighted by molar-refractivity contribution is 0.0600. The number of methoxy groups -OCH3 is 1. The molecular weight excluding hydrogens is 340 g/mol. The van der Waals surface area contributed by atoms with E-state index in [9.17, 15) is 9.59 Å². The highest BCUT2D eigenvalue weighted by Crippen LogP contribution is 2.26. The van der Waals surface area contributed by atoms with Gasteiger partial charge in [-0.2, -0.15) is 0 Å². The maximum Gasteiger partial charge on any atom is 0.337 e. The molecule has 25 heavy (non-hydrogen) atoms. The van der Waals surface area contributed by atoms with Crippen molar-refractivity contribution in [3.05, 3.63) is 58.7 Å². The van der Waals surface area contributed by atoms with Gasteiger partial charge in [0, 0.05) is 23.5 Å². The third-order valence-electron chi connectivity index (χ3n) is 4.25. The molecule has 0 aliphatic carbocycles. The molecular formula is C19H21ClN2O3. The summed E-state index contributed by atoms with van der Waals surface area (Å²) in [6, 6.07) is 10.8. The number of halogens is 1. The van der Waals surface area contributed by atoms with Crippen molar-refractivity contribution in [3.63, 3.8) is 0 Å². The summed E-state index contributed by atoms with van der Waals surface area (Å²) < 4.78 is 4.74. The topological polar surface area (TPSA) is 67.4 Å². The maximum absolute atomic E-state index is 12.7. The van der Waals surface area contributed by atoms with E-state index in [0.717, 1.165) is 36.2 Å². The molecule has 0 unspecified atom stereocenters. The molecule has 0 bridgehead atoms. The Morgan fingerprint density at radius 1 is 1.20 bits per heavy atom. The molecule has 1 heterocycles. The molecule has 1 aliphatic heterocycles. The van der Waals surface area contributed by atoms with Gasteiger partial charge in [-0.3, -0.25) is 4.79 Å². The minimum absolute atomic E-state index is 0. The molecule has 2 aromatic rings. The fourth-order valence-corrected chi connectivity index (χ4v) is 2.91. The number of carbonyl (C=O) groups is 2. The van der Waals surface area contributed by atoms with Gasteiger partial charge in [-0.05, 0) is 55.2 Å². The molecule has 1 amide bonds. The second-order valence-electron chi connectivity index (χ2n) is 5.84. The van der Waals surface area contributed by atoms with Crippen LogP contribution in [0.15, 0.2) is 36.4 Å². The minimum Gasteiger partial charge on any atom is -0.465 e. The van der Waals surface area contributed by atoms with Crippen LogP contribution in [-0.2, 0) is 11.2 Å². The summed E-state index contributed by atoms with van der Waals surface area (Å²) in [6.45, 7) is 2.82. The summed E-state index contributed by atoms with van der Waals surface area (Å²) in [6.07, 6.45) is 1.89. The summed E-state index contributed by atoms with van der Waals surface area (Å²) in [5, 5.41) is 6.25. The number of rotatable bonds is 3. The van der Waals surface area contributed by atoms with Gasteiger partial charge in [-0.15, -0.1) is 12.4 Å². The summed E-state index contributed by atoms with van der Waals surface area (Å²) in [5.74, 6) is -0.590. The van der Waals surface area contributed by atoms with E-state index in [1.54, 1.807) is 18.2 Å². The Bertz CT molecular complexity index is 805. The Labute approximate surface area is 153 Å². The van der Waals surface area contributed by atoms with Crippen molar-refractivity contribution in [2.45, 2.75) is 19.8 Å². The standard InChI is InChI=1S/C19H20N2O3.ClH/c1-12-8-9-13(19(23)24-2)11-17(12)21-18(22)15-5-3-7-16-14(15)6-4-10-20-16;/h3,5,7-9,11,20H,4,6,10H2,1-2H3,(H,21,22);1H. The number of nitrogens with one attached hydrogen (secondary N) is 2. The maximum atomic E-state index is 12.7.